The first kappa shape index (κ1) is 22.5. The van der Waals surface area contributed by atoms with Crippen LogP contribution in [0.4, 0.5) is 5.82 Å². The maximum atomic E-state index is 12.1. The maximum Gasteiger partial charge on any atom is 0.225 e. The normalized spacial score (nSPS) is 17.1. The fraction of sp³-hybridized carbons (Fsp3) is 0.611. The van der Waals surface area contributed by atoms with Crippen molar-refractivity contribution >= 4 is 41.7 Å². The zero-order chi connectivity index (χ0) is 18.4. The Morgan fingerprint density at radius 1 is 1.42 bits per heavy atom. The highest BCUT2D eigenvalue weighted by Gasteiger charge is 2.27. The van der Waals surface area contributed by atoms with Crippen LogP contribution in [0, 0.1) is 5.92 Å². The Hall–Kier alpha value is -1.58. The second-order valence-corrected chi connectivity index (χ2v) is 6.88. The van der Waals surface area contributed by atoms with Crippen molar-refractivity contribution in [3.05, 3.63) is 23.9 Å². The molecular weight excluding hydrogens is 443 g/mol. The molecule has 0 spiro atoms. The number of hydrogen-bond acceptors (Lipinski definition) is 4. The highest BCUT2D eigenvalue weighted by Crippen LogP contribution is 2.13. The smallest absolute Gasteiger partial charge is 0.225 e. The molecule has 2 N–H and O–H groups in total. The van der Waals surface area contributed by atoms with E-state index in [0.29, 0.717) is 6.54 Å². The molecule has 1 aliphatic rings. The van der Waals surface area contributed by atoms with Crippen LogP contribution < -0.4 is 15.5 Å². The summed E-state index contributed by atoms with van der Waals surface area (Å²) in [6.45, 7) is 6.02. The van der Waals surface area contributed by atoms with Gasteiger partial charge in [-0.25, -0.2) is 4.98 Å². The summed E-state index contributed by atoms with van der Waals surface area (Å²) in [4.78, 5) is 24.9. The summed E-state index contributed by atoms with van der Waals surface area (Å²) in [5.41, 5.74) is 0.956. The van der Waals surface area contributed by atoms with Crippen LogP contribution in [0.25, 0.3) is 0 Å². The lowest BCUT2D eigenvalue weighted by Gasteiger charge is -2.20. The molecule has 146 valence electrons. The first-order chi connectivity index (χ1) is 11.9. The average molecular weight is 474 g/mol. The Morgan fingerprint density at radius 2 is 2.15 bits per heavy atom. The van der Waals surface area contributed by atoms with Crippen LogP contribution in [0.3, 0.4) is 0 Å². The number of aliphatic imine (C=N–C) groups is 1. The van der Waals surface area contributed by atoms with Crippen LogP contribution in [-0.4, -0.2) is 62.0 Å². The molecule has 1 aromatic rings. The van der Waals surface area contributed by atoms with Crippen molar-refractivity contribution in [2.75, 3.05) is 39.1 Å². The van der Waals surface area contributed by atoms with Gasteiger partial charge in [0.15, 0.2) is 5.96 Å². The lowest BCUT2D eigenvalue weighted by molar-refractivity contribution is -0.133. The van der Waals surface area contributed by atoms with E-state index in [-0.39, 0.29) is 41.8 Å². The van der Waals surface area contributed by atoms with Crippen molar-refractivity contribution in [1.82, 2.24) is 20.5 Å². The third-order valence-corrected chi connectivity index (χ3v) is 4.25. The van der Waals surface area contributed by atoms with Gasteiger partial charge in [-0.05, 0) is 18.6 Å². The molecule has 2 heterocycles. The van der Waals surface area contributed by atoms with Gasteiger partial charge in [0.05, 0.1) is 12.2 Å². The third kappa shape index (κ3) is 6.30. The predicted molar refractivity (Wildman–Crippen MR) is 117 cm³/mol. The number of carbonyl (C=O) groups excluding carboxylic acids is 1. The minimum atomic E-state index is 0. The Morgan fingerprint density at radius 3 is 2.77 bits per heavy atom. The molecule has 0 aromatic carbocycles. The summed E-state index contributed by atoms with van der Waals surface area (Å²) in [5.74, 6) is 1.94. The second kappa shape index (κ2) is 10.5. The first-order valence-electron chi connectivity index (χ1n) is 8.80. The van der Waals surface area contributed by atoms with Crippen molar-refractivity contribution in [3.63, 3.8) is 0 Å². The molecule has 1 saturated heterocycles. The Kier molecular flexibility index (Phi) is 9.11. The number of hydrogen-bond donors (Lipinski definition) is 2. The average Bonchev–Trinajstić information content (AvgIpc) is 3.06. The van der Waals surface area contributed by atoms with Gasteiger partial charge in [0.25, 0.3) is 0 Å². The molecule has 2 rings (SSSR count). The van der Waals surface area contributed by atoms with Gasteiger partial charge in [0.2, 0.25) is 5.91 Å². The van der Waals surface area contributed by atoms with Gasteiger partial charge in [-0.15, -0.1) is 24.0 Å². The predicted octanol–water partition coefficient (Wildman–Crippen LogP) is 1.69. The largest absolute Gasteiger partial charge is 0.363 e. The standard InChI is InChI=1S/C18H30N6O.HI/c1-13(2)17(25)24-10-9-15(12-24)22-18(19-3)20-11-14-7-6-8-16(21-14)23(4)5;/h6-8,13,15H,9-12H2,1-5H3,(H2,19,20,22);1H. The van der Waals surface area contributed by atoms with Crippen molar-refractivity contribution in [2.24, 2.45) is 10.9 Å². The van der Waals surface area contributed by atoms with E-state index in [9.17, 15) is 4.79 Å². The molecule has 1 atom stereocenters. The molecule has 0 bridgehead atoms. The van der Waals surface area contributed by atoms with Gasteiger partial charge in [0, 0.05) is 46.2 Å². The summed E-state index contributed by atoms with van der Waals surface area (Å²) in [6.07, 6.45) is 0.938. The molecule has 0 aliphatic carbocycles. The molecule has 7 nitrogen and oxygen atoms in total. The minimum Gasteiger partial charge on any atom is -0.363 e. The maximum absolute atomic E-state index is 12.1. The number of pyridine rings is 1. The molecule has 8 heteroatoms. The number of nitrogens with one attached hydrogen (secondary N) is 2. The van der Waals surface area contributed by atoms with E-state index in [4.69, 9.17) is 0 Å². The van der Waals surface area contributed by atoms with E-state index in [2.05, 4.69) is 20.6 Å². The van der Waals surface area contributed by atoms with Gasteiger partial charge in [-0.3, -0.25) is 9.79 Å². The monoisotopic (exact) mass is 474 g/mol. The molecular formula is C18H31IN6O. The zero-order valence-corrected chi connectivity index (χ0v) is 18.7. The third-order valence-electron chi connectivity index (χ3n) is 4.25. The van der Waals surface area contributed by atoms with E-state index in [1.807, 2.05) is 55.9 Å². The van der Waals surface area contributed by atoms with Gasteiger partial charge < -0.3 is 20.4 Å². The fourth-order valence-electron chi connectivity index (χ4n) is 2.82. The SMILES string of the molecule is CN=C(NCc1cccc(N(C)C)n1)NC1CCN(C(=O)C(C)C)C1.I. The molecule has 1 fully saturated rings. The minimum absolute atomic E-state index is 0. The molecule has 1 unspecified atom stereocenters. The first-order valence-corrected chi connectivity index (χ1v) is 8.80. The molecule has 26 heavy (non-hydrogen) atoms. The highest BCUT2D eigenvalue weighted by molar-refractivity contribution is 14.0. The number of guanidine groups is 1. The van der Waals surface area contributed by atoms with E-state index in [1.54, 1.807) is 7.05 Å². The van der Waals surface area contributed by atoms with Crippen LogP contribution in [-0.2, 0) is 11.3 Å². The van der Waals surface area contributed by atoms with Gasteiger partial charge in [0.1, 0.15) is 5.82 Å². The van der Waals surface area contributed by atoms with Crippen LogP contribution in [0.2, 0.25) is 0 Å². The van der Waals surface area contributed by atoms with E-state index in [0.717, 1.165) is 37.0 Å². The number of anilines is 1. The van der Waals surface area contributed by atoms with Crippen LogP contribution >= 0.6 is 24.0 Å². The number of likely N-dealkylation sites (tertiary alicyclic amines) is 1. The Labute approximate surface area is 173 Å². The zero-order valence-electron chi connectivity index (χ0n) is 16.3. The van der Waals surface area contributed by atoms with Crippen molar-refractivity contribution < 1.29 is 4.79 Å². The molecule has 0 radical (unpaired) electrons. The topological polar surface area (TPSA) is 72.9 Å². The molecule has 1 amide bonds. The number of carbonyl (C=O) groups is 1. The van der Waals surface area contributed by atoms with E-state index in [1.165, 1.54) is 0 Å². The van der Waals surface area contributed by atoms with E-state index < -0.39 is 0 Å². The number of aromatic nitrogens is 1. The number of halogens is 1. The van der Waals surface area contributed by atoms with Crippen molar-refractivity contribution in [1.29, 1.82) is 0 Å². The van der Waals surface area contributed by atoms with Crippen LogP contribution in [0.5, 0.6) is 0 Å². The molecule has 1 aliphatic heterocycles. The summed E-state index contributed by atoms with van der Waals surface area (Å²) in [6, 6.07) is 6.21. The van der Waals surface area contributed by atoms with Gasteiger partial charge >= 0.3 is 0 Å². The molecule has 0 saturated carbocycles. The van der Waals surface area contributed by atoms with Gasteiger partial charge in [-0.2, -0.15) is 0 Å². The van der Waals surface area contributed by atoms with Crippen molar-refractivity contribution in [3.8, 4) is 0 Å². The second-order valence-electron chi connectivity index (χ2n) is 6.88. The lowest BCUT2D eigenvalue weighted by atomic mass is 10.2. The lowest BCUT2D eigenvalue weighted by Crippen LogP contribution is -2.45. The van der Waals surface area contributed by atoms with Gasteiger partial charge in [-0.1, -0.05) is 19.9 Å². The van der Waals surface area contributed by atoms with Crippen molar-refractivity contribution in [2.45, 2.75) is 32.9 Å². The van der Waals surface area contributed by atoms with Crippen LogP contribution in [0.1, 0.15) is 26.0 Å². The van der Waals surface area contributed by atoms with Crippen LogP contribution in [0.15, 0.2) is 23.2 Å². The Balaban J connectivity index is 0.00000338. The molecule has 1 aromatic heterocycles. The highest BCUT2D eigenvalue weighted by atomic mass is 127. The quantitative estimate of drug-likeness (QED) is 0.386. The number of amides is 1. The summed E-state index contributed by atoms with van der Waals surface area (Å²) in [7, 11) is 5.71. The summed E-state index contributed by atoms with van der Waals surface area (Å²) in [5, 5.41) is 6.70. The summed E-state index contributed by atoms with van der Waals surface area (Å²) >= 11 is 0. The number of nitrogens with zero attached hydrogens (tertiary/aromatic N) is 4. The Bertz CT molecular complexity index is 619. The number of rotatable bonds is 5. The fourth-order valence-corrected chi connectivity index (χ4v) is 2.82. The van der Waals surface area contributed by atoms with E-state index >= 15 is 0 Å². The summed E-state index contributed by atoms with van der Waals surface area (Å²) < 4.78 is 0.